The molecular weight excluding hydrogens is 171 g/mol. The summed E-state index contributed by atoms with van der Waals surface area (Å²) in [6, 6.07) is 5.99. The Hall–Kier alpha value is -1.22. The molecule has 0 spiro atoms. The summed E-state index contributed by atoms with van der Waals surface area (Å²) in [6.45, 7) is 0.604. The molecule has 0 radical (unpaired) electrons. The van der Waals surface area contributed by atoms with Gasteiger partial charge >= 0.3 is 0 Å². The number of carbonyl (C=O) groups is 1. The second-order valence-electron chi connectivity index (χ2n) is 3.09. The van der Waals surface area contributed by atoms with Gasteiger partial charge < -0.3 is 4.74 Å². The van der Waals surface area contributed by atoms with Crippen LogP contribution in [0, 0.1) is 5.82 Å². The fourth-order valence-corrected chi connectivity index (χ4v) is 1.45. The summed E-state index contributed by atoms with van der Waals surface area (Å²) in [5, 5.41) is 0. The minimum absolute atomic E-state index is 0.0756. The second kappa shape index (κ2) is 3.26. The number of Topliss-reactive ketones (excluding diaryl/α,β-unsaturated/α-hetero) is 1. The van der Waals surface area contributed by atoms with Crippen LogP contribution < -0.4 is 0 Å². The summed E-state index contributed by atoms with van der Waals surface area (Å²) in [7, 11) is 0. The SMILES string of the molecule is O=C1COC[C@H]1c1ccc(F)cc1. The molecule has 1 aliphatic rings. The lowest BCUT2D eigenvalue weighted by atomic mass is 9.98. The molecule has 13 heavy (non-hydrogen) atoms. The molecule has 2 rings (SSSR count). The van der Waals surface area contributed by atoms with Crippen LogP contribution in [0.3, 0.4) is 0 Å². The van der Waals surface area contributed by atoms with Crippen LogP contribution in [-0.4, -0.2) is 19.0 Å². The predicted molar refractivity (Wildman–Crippen MR) is 45.0 cm³/mol. The molecule has 0 aliphatic carbocycles. The lowest BCUT2D eigenvalue weighted by molar-refractivity contribution is -0.118. The number of carbonyl (C=O) groups excluding carboxylic acids is 1. The number of hydrogen-bond acceptors (Lipinski definition) is 2. The molecule has 1 fully saturated rings. The number of rotatable bonds is 1. The van der Waals surface area contributed by atoms with Crippen molar-refractivity contribution in [2.45, 2.75) is 5.92 Å². The molecule has 1 heterocycles. The second-order valence-corrected chi connectivity index (χ2v) is 3.09. The fourth-order valence-electron chi connectivity index (χ4n) is 1.45. The van der Waals surface area contributed by atoms with E-state index >= 15 is 0 Å². The topological polar surface area (TPSA) is 26.3 Å². The smallest absolute Gasteiger partial charge is 0.168 e. The largest absolute Gasteiger partial charge is 0.373 e. The molecule has 0 unspecified atom stereocenters. The molecule has 68 valence electrons. The Morgan fingerprint density at radius 1 is 1.31 bits per heavy atom. The van der Waals surface area contributed by atoms with Crippen LogP contribution in [-0.2, 0) is 9.53 Å². The molecule has 1 aliphatic heterocycles. The van der Waals surface area contributed by atoms with E-state index < -0.39 is 0 Å². The van der Waals surface area contributed by atoms with E-state index in [9.17, 15) is 9.18 Å². The minimum Gasteiger partial charge on any atom is -0.373 e. The lowest BCUT2D eigenvalue weighted by Crippen LogP contribution is -2.08. The molecule has 1 aromatic carbocycles. The monoisotopic (exact) mass is 180 g/mol. The molecular formula is C10H9FO2. The Morgan fingerprint density at radius 2 is 2.00 bits per heavy atom. The van der Waals surface area contributed by atoms with Crippen LogP contribution in [0.1, 0.15) is 11.5 Å². The third-order valence-electron chi connectivity index (χ3n) is 2.19. The summed E-state index contributed by atoms with van der Waals surface area (Å²) in [5.41, 5.74) is 0.837. The van der Waals surface area contributed by atoms with Gasteiger partial charge in [-0.05, 0) is 17.7 Å². The fraction of sp³-hybridized carbons (Fsp3) is 0.300. The van der Waals surface area contributed by atoms with Crippen molar-refractivity contribution in [1.82, 2.24) is 0 Å². The van der Waals surface area contributed by atoms with Gasteiger partial charge in [-0.15, -0.1) is 0 Å². The van der Waals surface area contributed by atoms with Crippen molar-refractivity contribution in [2.75, 3.05) is 13.2 Å². The molecule has 0 aromatic heterocycles. The van der Waals surface area contributed by atoms with E-state index in [0.29, 0.717) is 6.61 Å². The van der Waals surface area contributed by atoms with Crippen molar-refractivity contribution in [3.8, 4) is 0 Å². The molecule has 2 nitrogen and oxygen atoms in total. The highest BCUT2D eigenvalue weighted by Gasteiger charge is 2.26. The quantitative estimate of drug-likeness (QED) is 0.654. The van der Waals surface area contributed by atoms with Gasteiger partial charge in [-0.25, -0.2) is 4.39 Å². The molecule has 1 atom stereocenters. The summed E-state index contributed by atoms with van der Waals surface area (Å²) < 4.78 is 17.6. The van der Waals surface area contributed by atoms with E-state index in [2.05, 4.69) is 0 Å². The van der Waals surface area contributed by atoms with Gasteiger partial charge in [-0.2, -0.15) is 0 Å². The van der Waals surface area contributed by atoms with Gasteiger partial charge in [0.2, 0.25) is 0 Å². The third-order valence-corrected chi connectivity index (χ3v) is 2.19. The van der Waals surface area contributed by atoms with Crippen LogP contribution in [0.5, 0.6) is 0 Å². The Bertz CT molecular complexity index is 318. The minimum atomic E-state index is -0.282. The Labute approximate surface area is 75.3 Å². The zero-order valence-electron chi connectivity index (χ0n) is 7.00. The first-order valence-corrected chi connectivity index (χ1v) is 4.13. The normalized spacial score (nSPS) is 22.2. The van der Waals surface area contributed by atoms with Crippen molar-refractivity contribution < 1.29 is 13.9 Å². The Balaban J connectivity index is 2.25. The summed E-state index contributed by atoms with van der Waals surface area (Å²) in [4.78, 5) is 11.2. The van der Waals surface area contributed by atoms with Crippen LogP contribution in [0.2, 0.25) is 0 Å². The van der Waals surface area contributed by atoms with Crippen LogP contribution in [0.4, 0.5) is 4.39 Å². The van der Waals surface area contributed by atoms with E-state index in [0.717, 1.165) is 5.56 Å². The average molecular weight is 180 g/mol. The van der Waals surface area contributed by atoms with E-state index in [1.807, 2.05) is 0 Å². The highest BCUT2D eigenvalue weighted by molar-refractivity contribution is 5.88. The van der Waals surface area contributed by atoms with Gasteiger partial charge in [0, 0.05) is 0 Å². The van der Waals surface area contributed by atoms with Gasteiger partial charge in [0.05, 0.1) is 12.5 Å². The summed E-state index contributed by atoms with van der Waals surface area (Å²) in [5.74, 6) is -0.401. The molecule has 0 bridgehead atoms. The maximum atomic E-state index is 12.6. The highest BCUT2D eigenvalue weighted by Crippen LogP contribution is 2.22. The number of halogens is 1. The highest BCUT2D eigenvalue weighted by atomic mass is 19.1. The van der Waals surface area contributed by atoms with Crippen molar-refractivity contribution in [3.63, 3.8) is 0 Å². The van der Waals surface area contributed by atoms with Crippen LogP contribution >= 0.6 is 0 Å². The van der Waals surface area contributed by atoms with E-state index in [1.165, 1.54) is 12.1 Å². The van der Waals surface area contributed by atoms with E-state index in [-0.39, 0.29) is 24.1 Å². The first-order chi connectivity index (χ1) is 6.27. The number of ketones is 1. The van der Waals surface area contributed by atoms with Gasteiger partial charge in [-0.3, -0.25) is 4.79 Å². The van der Waals surface area contributed by atoms with Crippen LogP contribution in [0.25, 0.3) is 0 Å². The molecule has 0 amide bonds. The number of ether oxygens (including phenoxy) is 1. The average Bonchev–Trinajstić information content (AvgIpc) is 2.53. The van der Waals surface area contributed by atoms with Gasteiger partial charge in [0.15, 0.2) is 5.78 Å². The van der Waals surface area contributed by atoms with Gasteiger partial charge in [0.1, 0.15) is 12.4 Å². The molecule has 0 saturated carbocycles. The van der Waals surface area contributed by atoms with Crippen molar-refractivity contribution in [3.05, 3.63) is 35.6 Å². The van der Waals surface area contributed by atoms with Crippen LogP contribution in [0.15, 0.2) is 24.3 Å². The lowest BCUT2D eigenvalue weighted by Gasteiger charge is -2.05. The Kier molecular flexibility index (Phi) is 2.10. The summed E-state index contributed by atoms with van der Waals surface area (Å²) in [6.07, 6.45) is 0. The maximum Gasteiger partial charge on any atom is 0.168 e. The zero-order valence-corrected chi connectivity index (χ0v) is 7.00. The van der Waals surface area contributed by atoms with Gasteiger partial charge in [-0.1, -0.05) is 12.1 Å². The number of hydrogen-bond donors (Lipinski definition) is 0. The zero-order chi connectivity index (χ0) is 9.26. The Morgan fingerprint density at radius 3 is 2.54 bits per heavy atom. The maximum absolute atomic E-state index is 12.6. The first kappa shape index (κ1) is 8.38. The number of benzene rings is 1. The van der Waals surface area contributed by atoms with E-state index in [1.54, 1.807) is 12.1 Å². The van der Waals surface area contributed by atoms with Crippen molar-refractivity contribution in [1.29, 1.82) is 0 Å². The predicted octanol–water partition coefficient (Wildman–Crippen LogP) is 1.51. The van der Waals surface area contributed by atoms with Gasteiger partial charge in [0.25, 0.3) is 0 Å². The van der Waals surface area contributed by atoms with E-state index in [4.69, 9.17) is 4.74 Å². The van der Waals surface area contributed by atoms with Crippen molar-refractivity contribution >= 4 is 5.78 Å². The third kappa shape index (κ3) is 1.60. The standard InChI is InChI=1S/C10H9FO2/c11-8-3-1-7(2-4-8)9-5-13-6-10(9)12/h1-4,9H,5-6H2/t9-/m0/s1. The van der Waals surface area contributed by atoms with Crippen molar-refractivity contribution in [2.24, 2.45) is 0 Å². The molecule has 1 aromatic rings. The first-order valence-electron chi connectivity index (χ1n) is 4.13. The molecule has 3 heteroatoms. The molecule has 0 N–H and O–H groups in total. The summed E-state index contributed by atoms with van der Waals surface area (Å²) >= 11 is 0. The molecule has 1 saturated heterocycles.